The van der Waals surface area contributed by atoms with E-state index in [1.54, 1.807) is 32.3 Å². The van der Waals surface area contributed by atoms with Gasteiger partial charge in [-0.15, -0.1) is 13.2 Å². The Labute approximate surface area is 164 Å². The number of alkyl halides is 3. The molecule has 146 valence electrons. The largest absolute Gasteiger partial charge is 0.573 e. The highest BCUT2D eigenvalue weighted by atomic mass is 35.5. The maximum Gasteiger partial charge on any atom is 0.573 e. The molecule has 1 amide bonds. The summed E-state index contributed by atoms with van der Waals surface area (Å²) in [6, 6.07) is 8.34. The van der Waals surface area contributed by atoms with Gasteiger partial charge in [0.05, 0.1) is 10.0 Å². The molecular formula is C18H17Cl2F3N2O2. The maximum atomic E-state index is 12.6. The molecule has 2 N–H and O–H groups in total. The molecule has 27 heavy (non-hydrogen) atoms. The van der Waals surface area contributed by atoms with Crippen LogP contribution >= 0.6 is 23.2 Å². The number of halogens is 5. The second kappa shape index (κ2) is 8.37. The lowest BCUT2D eigenvalue weighted by molar-refractivity contribution is -0.274. The summed E-state index contributed by atoms with van der Waals surface area (Å²) in [5.41, 5.74) is 6.50. The Kier molecular flexibility index (Phi) is 6.62. The minimum atomic E-state index is -4.86. The number of primary amides is 1. The smallest absolute Gasteiger partial charge is 0.406 e. The first-order valence-corrected chi connectivity index (χ1v) is 8.52. The summed E-state index contributed by atoms with van der Waals surface area (Å²) in [6.07, 6.45) is -4.86. The van der Waals surface area contributed by atoms with Crippen molar-refractivity contribution in [1.82, 2.24) is 4.90 Å². The van der Waals surface area contributed by atoms with Crippen LogP contribution in [0.2, 0.25) is 10.0 Å². The summed E-state index contributed by atoms with van der Waals surface area (Å²) in [4.78, 5) is 13.7. The van der Waals surface area contributed by atoms with Crippen molar-refractivity contribution in [3.8, 4) is 5.75 Å². The lowest BCUT2D eigenvalue weighted by atomic mass is 9.87. The first-order chi connectivity index (χ1) is 12.5. The van der Waals surface area contributed by atoms with Crippen LogP contribution in [0.5, 0.6) is 5.75 Å². The third-order valence-corrected chi connectivity index (χ3v) is 4.53. The van der Waals surface area contributed by atoms with Gasteiger partial charge < -0.3 is 15.4 Å². The molecule has 2 aromatic carbocycles. The first-order valence-electron chi connectivity index (χ1n) is 7.77. The normalized spacial score (nSPS) is 12.9. The molecule has 0 spiro atoms. The molecule has 0 saturated heterocycles. The van der Waals surface area contributed by atoms with E-state index in [2.05, 4.69) is 4.74 Å². The second-order valence-electron chi connectivity index (χ2n) is 6.15. The molecule has 0 fully saturated rings. The molecule has 1 atom stereocenters. The van der Waals surface area contributed by atoms with Crippen molar-refractivity contribution in [2.75, 3.05) is 20.6 Å². The molecule has 0 bridgehead atoms. The SMILES string of the molecule is CN(C)CC(c1ccc(Cl)c(Cl)c1)c1cc(OC(F)(F)F)ccc1C(N)=O. The number of carbonyl (C=O) groups is 1. The molecule has 2 aromatic rings. The summed E-state index contributed by atoms with van der Waals surface area (Å²) < 4.78 is 41.8. The quantitative estimate of drug-likeness (QED) is 0.737. The van der Waals surface area contributed by atoms with Crippen LogP contribution in [0.1, 0.15) is 27.4 Å². The third-order valence-electron chi connectivity index (χ3n) is 3.79. The molecule has 4 nitrogen and oxygen atoms in total. The van der Waals surface area contributed by atoms with Crippen molar-refractivity contribution in [2.45, 2.75) is 12.3 Å². The Morgan fingerprint density at radius 2 is 1.81 bits per heavy atom. The van der Waals surface area contributed by atoms with Crippen LogP contribution in [-0.2, 0) is 0 Å². The van der Waals surface area contributed by atoms with E-state index in [0.29, 0.717) is 27.7 Å². The van der Waals surface area contributed by atoms with Gasteiger partial charge in [0, 0.05) is 18.0 Å². The Bertz CT molecular complexity index is 842. The van der Waals surface area contributed by atoms with E-state index >= 15 is 0 Å². The summed E-state index contributed by atoms with van der Waals surface area (Å²) in [7, 11) is 3.59. The van der Waals surface area contributed by atoms with Crippen LogP contribution in [0, 0.1) is 0 Å². The molecule has 0 aromatic heterocycles. The number of rotatable bonds is 6. The number of likely N-dealkylation sites (N-methyl/N-ethyl adjacent to an activating group) is 1. The highest BCUT2D eigenvalue weighted by Gasteiger charge is 2.32. The Balaban J connectivity index is 2.62. The average molecular weight is 421 g/mol. The summed E-state index contributed by atoms with van der Waals surface area (Å²) in [6.45, 7) is 0.383. The van der Waals surface area contributed by atoms with Crippen molar-refractivity contribution in [3.05, 3.63) is 63.1 Å². The molecule has 0 aliphatic carbocycles. The fourth-order valence-electron chi connectivity index (χ4n) is 2.73. The van der Waals surface area contributed by atoms with E-state index < -0.39 is 23.9 Å². The summed E-state index contributed by atoms with van der Waals surface area (Å²) in [5, 5.41) is 0.634. The molecule has 9 heteroatoms. The van der Waals surface area contributed by atoms with E-state index in [4.69, 9.17) is 28.9 Å². The molecule has 2 rings (SSSR count). The van der Waals surface area contributed by atoms with Gasteiger partial charge in [0.25, 0.3) is 0 Å². The van der Waals surface area contributed by atoms with Crippen molar-refractivity contribution in [2.24, 2.45) is 5.73 Å². The van der Waals surface area contributed by atoms with E-state index in [1.165, 1.54) is 12.1 Å². The number of amides is 1. The van der Waals surface area contributed by atoms with Gasteiger partial charge in [0.1, 0.15) is 5.75 Å². The van der Waals surface area contributed by atoms with E-state index in [-0.39, 0.29) is 5.56 Å². The van der Waals surface area contributed by atoms with Gasteiger partial charge >= 0.3 is 6.36 Å². The molecule has 0 radical (unpaired) electrons. The Morgan fingerprint density at radius 3 is 2.33 bits per heavy atom. The monoisotopic (exact) mass is 420 g/mol. The highest BCUT2D eigenvalue weighted by molar-refractivity contribution is 6.42. The standard InChI is InChI=1S/C18H17Cl2F3N2O2/c1-25(2)9-14(10-3-6-15(19)16(20)7-10)13-8-11(27-18(21,22)23)4-5-12(13)17(24)26/h3-8,14H,9H2,1-2H3,(H2,24,26). The lowest BCUT2D eigenvalue weighted by Crippen LogP contribution is -2.25. The van der Waals surface area contributed by atoms with Crippen molar-refractivity contribution in [3.63, 3.8) is 0 Å². The zero-order chi connectivity index (χ0) is 20.4. The van der Waals surface area contributed by atoms with Gasteiger partial charge in [0.2, 0.25) is 5.91 Å². The molecule has 0 saturated carbocycles. The number of ether oxygens (including phenoxy) is 1. The maximum absolute atomic E-state index is 12.6. The topological polar surface area (TPSA) is 55.6 Å². The molecule has 1 unspecified atom stereocenters. The van der Waals surface area contributed by atoms with Crippen LogP contribution in [0.4, 0.5) is 13.2 Å². The summed E-state index contributed by atoms with van der Waals surface area (Å²) in [5.74, 6) is -1.69. The number of nitrogens with two attached hydrogens (primary N) is 1. The highest BCUT2D eigenvalue weighted by Crippen LogP contribution is 2.35. The van der Waals surface area contributed by atoms with Crippen LogP contribution < -0.4 is 10.5 Å². The van der Waals surface area contributed by atoms with Gasteiger partial charge in [-0.3, -0.25) is 4.79 Å². The van der Waals surface area contributed by atoms with Crippen LogP contribution in [-0.4, -0.2) is 37.8 Å². The Morgan fingerprint density at radius 1 is 1.15 bits per heavy atom. The minimum absolute atomic E-state index is 0.0995. The molecular weight excluding hydrogens is 404 g/mol. The fourth-order valence-corrected chi connectivity index (χ4v) is 3.03. The predicted molar refractivity (Wildman–Crippen MR) is 98.5 cm³/mol. The average Bonchev–Trinajstić information content (AvgIpc) is 2.53. The molecule has 0 heterocycles. The number of hydrogen-bond donors (Lipinski definition) is 1. The van der Waals surface area contributed by atoms with E-state index in [0.717, 1.165) is 6.07 Å². The first kappa shape index (κ1) is 21.3. The number of benzene rings is 2. The van der Waals surface area contributed by atoms with Gasteiger partial charge in [-0.2, -0.15) is 0 Å². The van der Waals surface area contributed by atoms with Gasteiger partial charge in [-0.1, -0.05) is 29.3 Å². The van der Waals surface area contributed by atoms with Crippen LogP contribution in [0.25, 0.3) is 0 Å². The number of carbonyl (C=O) groups excluding carboxylic acids is 1. The van der Waals surface area contributed by atoms with Crippen molar-refractivity contribution < 1.29 is 22.7 Å². The second-order valence-corrected chi connectivity index (χ2v) is 6.96. The number of nitrogens with zero attached hydrogens (tertiary/aromatic N) is 1. The zero-order valence-corrected chi connectivity index (χ0v) is 16.0. The van der Waals surface area contributed by atoms with Crippen molar-refractivity contribution >= 4 is 29.1 Å². The fraction of sp³-hybridized carbons (Fsp3) is 0.278. The van der Waals surface area contributed by atoms with E-state index in [9.17, 15) is 18.0 Å². The van der Waals surface area contributed by atoms with Crippen LogP contribution in [0.15, 0.2) is 36.4 Å². The van der Waals surface area contributed by atoms with Gasteiger partial charge in [-0.25, -0.2) is 0 Å². The van der Waals surface area contributed by atoms with Gasteiger partial charge in [0.15, 0.2) is 0 Å². The Hall–Kier alpha value is -1.96. The van der Waals surface area contributed by atoms with Gasteiger partial charge in [-0.05, 0) is 55.6 Å². The minimum Gasteiger partial charge on any atom is -0.406 e. The molecule has 0 aliphatic heterocycles. The van der Waals surface area contributed by atoms with Crippen LogP contribution in [0.3, 0.4) is 0 Å². The van der Waals surface area contributed by atoms with Crippen molar-refractivity contribution in [1.29, 1.82) is 0 Å². The zero-order valence-electron chi connectivity index (χ0n) is 14.5. The number of hydrogen-bond acceptors (Lipinski definition) is 3. The lowest BCUT2D eigenvalue weighted by Gasteiger charge is -2.25. The molecule has 0 aliphatic rings. The van der Waals surface area contributed by atoms with E-state index in [1.807, 2.05) is 4.90 Å². The predicted octanol–water partition coefficient (Wildman–Crippen LogP) is 4.68. The summed E-state index contributed by atoms with van der Waals surface area (Å²) >= 11 is 12.0. The third kappa shape index (κ3) is 5.76.